The van der Waals surface area contributed by atoms with Gasteiger partial charge in [-0.15, -0.1) is 0 Å². The first-order chi connectivity index (χ1) is 8.79. The first-order valence-corrected chi connectivity index (χ1v) is 6.01. The predicted molar refractivity (Wildman–Crippen MR) is 69.9 cm³/mol. The Kier molecular flexibility index (Phi) is 2.49. The van der Waals surface area contributed by atoms with Crippen LogP contribution in [0.3, 0.4) is 0 Å². The fourth-order valence-electron chi connectivity index (χ4n) is 2.29. The van der Waals surface area contributed by atoms with Gasteiger partial charge in [-0.25, -0.2) is 4.98 Å². The molecule has 2 aromatic rings. The summed E-state index contributed by atoms with van der Waals surface area (Å²) in [5.74, 6) is 0.945. The number of fused-ring (bicyclic) bond motifs is 1. The number of H-pyrrole nitrogens is 1. The molecule has 0 saturated carbocycles. The van der Waals surface area contributed by atoms with E-state index in [1.54, 1.807) is 6.20 Å². The number of benzene rings is 1. The lowest BCUT2D eigenvalue weighted by atomic mass is 10.0. The second-order valence-corrected chi connectivity index (χ2v) is 4.54. The summed E-state index contributed by atoms with van der Waals surface area (Å²) in [6, 6.07) is 10.5. The number of nitrogens with one attached hydrogen (secondary N) is 1. The molecule has 88 valence electrons. The summed E-state index contributed by atoms with van der Waals surface area (Å²) >= 11 is 0. The van der Waals surface area contributed by atoms with Gasteiger partial charge in [0.2, 0.25) is 0 Å². The van der Waals surface area contributed by atoms with Crippen LogP contribution in [0, 0.1) is 11.3 Å². The number of nitriles is 1. The van der Waals surface area contributed by atoms with E-state index < -0.39 is 0 Å². The molecule has 0 aliphatic heterocycles. The van der Waals surface area contributed by atoms with Gasteiger partial charge in [0.15, 0.2) is 0 Å². The monoisotopic (exact) mass is 235 g/mol. The van der Waals surface area contributed by atoms with Crippen LogP contribution < -0.4 is 0 Å². The van der Waals surface area contributed by atoms with Crippen LogP contribution in [0.2, 0.25) is 0 Å². The van der Waals surface area contributed by atoms with E-state index in [9.17, 15) is 0 Å². The number of nitrogens with zero attached hydrogens (tertiary/aromatic N) is 2. The minimum absolute atomic E-state index is 0.146. The summed E-state index contributed by atoms with van der Waals surface area (Å²) in [7, 11) is 0. The number of rotatable bonds is 2. The summed E-state index contributed by atoms with van der Waals surface area (Å²) in [6.45, 7) is 1.87. The molecule has 3 nitrogen and oxygen atoms in total. The van der Waals surface area contributed by atoms with Crippen molar-refractivity contribution < 1.29 is 0 Å². The molecule has 1 aliphatic carbocycles. The lowest BCUT2D eigenvalue weighted by molar-refractivity contribution is 0.886. The Morgan fingerprint density at radius 2 is 2.22 bits per heavy atom. The Balaban J connectivity index is 1.96. The minimum Gasteiger partial charge on any atom is -0.344 e. The Morgan fingerprint density at radius 3 is 3.06 bits per heavy atom. The van der Waals surface area contributed by atoms with Crippen molar-refractivity contribution in [1.82, 2.24) is 9.97 Å². The Hall–Kier alpha value is -2.34. The first kappa shape index (κ1) is 10.8. The molecule has 1 aliphatic rings. The van der Waals surface area contributed by atoms with E-state index >= 15 is 0 Å². The fourth-order valence-corrected chi connectivity index (χ4v) is 2.29. The van der Waals surface area contributed by atoms with Gasteiger partial charge in [0.1, 0.15) is 5.82 Å². The first-order valence-electron chi connectivity index (χ1n) is 6.01. The highest BCUT2D eigenvalue weighted by atomic mass is 14.9. The SMILES string of the molecule is CC(C#N)c1cnc(C2C=Cc3ccccc32)[nH]1. The highest BCUT2D eigenvalue weighted by Crippen LogP contribution is 2.33. The van der Waals surface area contributed by atoms with Gasteiger partial charge in [0.05, 0.1) is 23.6 Å². The van der Waals surface area contributed by atoms with Crippen LogP contribution in [0.15, 0.2) is 36.5 Å². The van der Waals surface area contributed by atoms with E-state index in [2.05, 4.69) is 40.3 Å². The number of aromatic nitrogens is 2. The third-order valence-electron chi connectivity index (χ3n) is 3.37. The number of hydrogen-bond acceptors (Lipinski definition) is 2. The summed E-state index contributed by atoms with van der Waals surface area (Å²) in [5.41, 5.74) is 3.39. The standard InChI is InChI=1S/C15H13N3/c1-10(8-16)14-9-17-15(18-14)13-7-6-11-4-2-3-5-12(11)13/h2-7,9-10,13H,1H3,(H,17,18). The van der Waals surface area contributed by atoms with Crippen molar-refractivity contribution in [3.8, 4) is 6.07 Å². The maximum absolute atomic E-state index is 8.91. The van der Waals surface area contributed by atoms with Gasteiger partial charge in [-0.05, 0) is 18.1 Å². The van der Waals surface area contributed by atoms with E-state index in [1.807, 2.05) is 19.1 Å². The zero-order valence-electron chi connectivity index (χ0n) is 10.1. The van der Waals surface area contributed by atoms with Gasteiger partial charge in [-0.2, -0.15) is 5.26 Å². The van der Waals surface area contributed by atoms with Crippen LogP contribution in [0.25, 0.3) is 6.08 Å². The average Bonchev–Trinajstić information content (AvgIpc) is 3.03. The van der Waals surface area contributed by atoms with Gasteiger partial charge in [-0.3, -0.25) is 0 Å². The van der Waals surface area contributed by atoms with E-state index in [-0.39, 0.29) is 11.8 Å². The molecule has 3 heteroatoms. The third-order valence-corrected chi connectivity index (χ3v) is 3.37. The normalized spacial score (nSPS) is 18.3. The molecule has 3 rings (SSSR count). The van der Waals surface area contributed by atoms with Crippen molar-refractivity contribution in [3.05, 3.63) is 59.2 Å². The predicted octanol–water partition coefficient (Wildman–Crippen LogP) is 3.20. The molecule has 0 saturated heterocycles. The quantitative estimate of drug-likeness (QED) is 0.869. The van der Waals surface area contributed by atoms with Crippen LogP contribution in [-0.2, 0) is 0 Å². The summed E-state index contributed by atoms with van der Waals surface area (Å²) in [4.78, 5) is 7.67. The van der Waals surface area contributed by atoms with Gasteiger partial charge in [0, 0.05) is 6.20 Å². The molecule has 2 atom stereocenters. The molecule has 1 aromatic carbocycles. The summed E-state index contributed by atoms with van der Waals surface area (Å²) in [6.07, 6.45) is 6.03. The molecule has 0 bridgehead atoms. The van der Waals surface area contributed by atoms with E-state index in [4.69, 9.17) is 5.26 Å². The zero-order valence-corrected chi connectivity index (χ0v) is 10.1. The fraction of sp³-hybridized carbons (Fsp3) is 0.200. The Morgan fingerprint density at radius 1 is 1.39 bits per heavy atom. The smallest absolute Gasteiger partial charge is 0.117 e. The highest BCUT2D eigenvalue weighted by molar-refractivity contribution is 5.64. The van der Waals surface area contributed by atoms with Crippen molar-refractivity contribution in [2.75, 3.05) is 0 Å². The van der Waals surface area contributed by atoms with E-state index in [1.165, 1.54) is 11.1 Å². The lowest BCUT2D eigenvalue weighted by Crippen LogP contribution is -1.99. The largest absolute Gasteiger partial charge is 0.344 e. The summed E-state index contributed by atoms with van der Waals surface area (Å²) in [5, 5.41) is 8.91. The molecular weight excluding hydrogens is 222 g/mol. The molecular formula is C15H13N3. The molecule has 1 heterocycles. The number of imidazole rings is 1. The third kappa shape index (κ3) is 1.63. The number of hydrogen-bond donors (Lipinski definition) is 1. The molecule has 0 radical (unpaired) electrons. The van der Waals surface area contributed by atoms with E-state index in [0.717, 1.165) is 11.5 Å². The van der Waals surface area contributed by atoms with Gasteiger partial charge in [-0.1, -0.05) is 36.4 Å². The van der Waals surface area contributed by atoms with Crippen LogP contribution in [-0.4, -0.2) is 9.97 Å². The van der Waals surface area contributed by atoms with Crippen molar-refractivity contribution in [3.63, 3.8) is 0 Å². The average molecular weight is 235 g/mol. The van der Waals surface area contributed by atoms with Crippen molar-refractivity contribution in [1.29, 1.82) is 5.26 Å². The van der Waals surface area contributed by atoms with Crippen molar-refractivity contribution in [2.45, 2.75) is 18.8 Å². The molecule has 1 N–H and O–H groups in total. The van der Waals surface area contributed by atoms with Gasteiger partial charge >= 0.3 is 0 Å². The summed E-state index contributed by atoms with van der Waals surface area (Å²) < 4.78 is 0. The van der Waals surface area contributed by atoms with Crippen molar-refractivity contribution in [2.24, 2.45) is 0 Å². The van der Waals surface area contributed by atoms with E-state index in [0.29, 0.717) is 0 Å². The number of aromatic amines is 1. The second kappa shape index (κ2) is 4.15. The second-order valence-electron chi connectivity index (χ2n) is 4.54. The molecule has 2 unspecified atom stereocenters. The van der Waals surface area contributed by atoms with Gasteiger partial charge < -0.3 is 4.98 Å². The number of allylic oxidation sites excluding steroid dienone is 1. The maximum Gasteiger partial charge on any atom is 0.117 e. The molecule has 1 aromatic heterocycles. The van der Waals surface area contributed by atoms with Crippen LogP contribution >= 0.6 is 0 Å². The molecule has 0 spiro atoms. The Bertz CT molecular complexity index is 646. The Labute approximate surface area is 106 Å². The minimum atomic E-state index is -0.146. The molecule has 0 amide bonds. The van der Waals surface area contributed by atoms with Crippen LogP contribution in [0.1, 0.15) is 41.4 Å². The highest BCUT2D eigenvalue weighted by Gasteiger charge is 2.21. The topological polar surface area (TPSA) is 52.5 Å². The van der Waals surface area contributed by atoms with Gasteiger partial charge in [0.25, 0.3) is 0 Å². The van der Waals surface area contributed by atoms with Crippen molar-refractivity contribution >= 4 is 6.08 Å². The lowest BCUT2D eigenvalue weighted by Gasteiger charge is -2.07. The van der Waals surface area contributed by atoms with Crippen LogP contribution in [0.4, 0.5) is 0 Å². The van der Waals surface area contributed by atoms with Crippen LogP contribution in [0.5, 0.6) is 0 Å². The maximum atomic E-state index is 8.91. The molecule has 18 heavy (non-hydrogen) atoms. The zero-order chi connectivity index (χ0) is 12.5. The molecule has 0 fully saturated rings.